The van der Waals surface area contributed by atoms with Gasteiger partial charge in [0.2, 0.25) is 0 Å². The highest BCUT2D eigenvalue weighted by atomic mass is 16.6. The van der Waals surface area contributed by atoms with Gasteiger partial charge in [-0.2, -0.15) is 0 Å². The smallest absolute Gasteiger partial charge is 0.345 e. The quantitative estimate of drug-likeness (QED) is 0.384. The van der Waals surface area contributed by atoms with Crippen molar-refractivity contribution in [3.63, 3.8) is 0 Å². The number of nitrogens with one attached hydrogen (secondary N) is 1. The Kier molecular flexibility index (Phi) is 5.31. The van der Waals surface area contributed by atoms with E-state index in [1.807, 2.05) is 0 Å². The zero-order chi connectivity index (χ0) is 20.5. The Hall–Kier alpha value is -2.82. The molecule has 3 unspecified atom stereocenters. The van der Waals surface area contributed by atoms with E-state index in [1.165, 1.54) is 0 Å². The zero-order valence-corrected chi connectivity index (χ0v) is 15.2. The fourth-order valence-corrected chi connectivity index (χ4v) is 3.35. The summed E-state index contributed by atoms with van der Waals surface area (Å²) in [6.07, 6.45) is -3.72. The van der Waals surface area contributed by atoms with Crippen LogP contribution in [0.25, 0.3) is 22.2 Å². The van der Waals surface area contributed by atoms with E-state index in [2.05, 4.69) is 10.3 Å². The number of benzene rings is 1. The molecule has 3 heterocycles. The van der Waals surface area contributed by atoms with Crippen molar-refractivity contribution in [2.24, 2.45) is 0 Å². The van der Waals surface area contributed by atoms with Crippen LogP contribution in [-0.2, 0) is 4.74 Å². The summed E-state index contributed by atoms with van der Waals surface area (Å²) in [7, 11) is 0. The number of hydrogen-bond donors (Lipinski definition) is 5. The lowest BCUT2D eigenvalue weighted by atomic mass is 9.97. The van der Waals surface area contributed by atoms with Crippen molar-refractivity contribution in [3.8, 4) is 11.3 Å². The Bertz CT molecular complexity index is 1060. The fourth-order valence-electron chi connectivity index (χ4n) is 3.35. The van der Waals surface area contributed by atoms with Crippen molar-refractivity contribution >= 4 is 16.7 Å². The Morgan fingerprint density at radius 1 is 1.07 bits per heavy atom. The largest absolute Gasteiger partial charge is 0.422 e. The molecule has 0 aliphatic carbocycles. The molecule has 0 spiro atoms. The first-order valence-corrected chi connectivity index (χ1v) is 9.04. The van der Waals surface area contributed by atoms with Gasteiger partial charge in [-0.3, -0.25) is 4.98 Å². The highest BCUT2D eigenvalue weighted by Crippen LogP contribution is 2.26. The molecule has 1 aromatic carbocycles. The second-order valence-electron chi connectivity index (χ2n) is 6.81. The first-order chi connectivity index (χ1) is 14.0. The maximum atomic E-state index is 12.4. The first-order valence-electron chi connectivity index (χ1n) is 9.04. The monoisotopic (exact) mass is 400 g/mol. The molecule has 3 aromatic rings. The minimum absolute atomic E-state index is 0.300. The SMILES string of the molecule is O=c1oc2cc(NC3C(O)OC(CO)[C@H](O)[C@H]3O)ccc2cc1-c1ccccn1. The van der Waals surface area contributed by atoms with Crippen LogP contribution in [0, 0.1) is 0 Å². The van der Waals surface area contributed by atoms with Crippen molar-refractivity contribution < 1.29 is 29.6 Å². The number of ether oxygens (including phenoxy) is 1. The van der Waals surface area contributed by atoms with Gasteiger partial charge in [-0.05, 0) is 30.3 Å². The number of nitrogens with zero attached hydrogens (tertiary/aromatic N) is 1. The highest BCUT2D eigenvalue weighted by Gasteiger charge is 2.43. The van der Waals surface area contributed by atoms with E-state index in [-0.39, 0.29) is 0 Å². The van der Waals surface area contributed by atoms with Gasteiger partial charge in [-0.1, -0.05) is 6.07 Å². The lowest BCUT2D eigenvalue weighted by molar-refractivity contribution is -0.245. The van der Waals surface area contributed by atoms with Gasteiger partial charge in [-0.15, -0.1) is 0 Å². The lowest BCUT2D eigenvalue weighted by Gasteiger charge is -2.40. The molecule has 0 saturated carbocycles. The number of anilines is 1. The molecule has 1 fully saturated rings. The summed E-state index contributed by atoms with van der Waals surface area (Å²) in [4.78, 5) is 16.5. The van der Waals surface area contributed by atoms with E-state index in [0.29, 0.717) is 27.9 Å². The third-order valence-electron chi connectivity index (χ3n) is 4.91. The Morgan fingerprint density at radius 3 is 2.62 bits per heavy atom. The van der Waals surface area contributed by atoms with E-state index in [0.717, 1.165) is 0 Å². The molecule has 0 amide bonds. The van der Waals surface area contributed by atoms with E-state index < -0.39 is 42.9 Å². The van der Waals surface area contributed by atoms with Crippen LogP contribution in [-0.4, -0.2) is 62.7 Å². The molecule has 0 radical (unpaired) electrons. The van der Waals surface area contributed by atoms with Gasteiger partial charge < -0.3 is 34.9 Å². The van der Waals surface area contributed by atoms with Gasteiger partial charge in [-0.25, -0.2) is 4.79 Å². The maximum Gasteiger partial charge on any atom is 0.345 e. The average molecular weight is 400 g/mol. The molecular formula is C20H20N2O7. The molecule has 2 aromatic heterocycles. The summed E-state index contributed by atoms with van der Waals surface area (Å²) < 4.78 is 10.5. The molecule has 29 heavy (non-hydrogen) atoms. The number of hydrogen-bond acceptors (Lipinski definition) is 9. The van der Waals surface area contributed by atoms with Crippen LogP contribution in [0.2, 0.25) is 0 Å². The molecule has 1 aliphatic rings. The molecule has 4 rings (SSSR count). The number of pyridine rings is 1. The lowest BCUT2D eigenvalue weighted by Crippen LogP contribution is -2.61. The van der Waals surface area contributed by atoms with Gasteiger partial charge in [0.25, 0.3) is 0 Å². The number of aliphatic hydroxyl groups excluding tert-OH is 4. The summed E-state index contributed by atoms with van der Waals surface area (Å²) in [6, 6.07) is 10.8. The van der Waals surface area contributed by atoms with Gasteiger partial charge in [0.1, 0.15) is 29.9 Å². The van der Waals surface area contributed by atoms with Crippen LogP contribution in [0.15, 0.2) is 57.9 Å². The van der Waals surface area contributed by atoms with E-state index in [9.17, 15) is 20.1 Å². The minimum Gasteiger partial charge on any atom is -0.422 e. The molecule has 1 saturated heterocycles. The van der Waals surface area contributed by atoms with E-state index >= 15 is 0 Å². The van der Waals surface area contributed by atoms with Crippen LogP contribution < -0.4 is 10.9 Å². The molecular weight excluding hydrogens is 380 g/mol. The fraction of sp³-hybridized carbons (Fsp3) is 0.300. The Morgan fingerprint density at radius 2 is 1.90 bits per heavy atom. The van der Waals surface area contributed by atoms with Crippen molar-refractivity contribution in [2.75, 3.05) is 11.9 Å². The topological polar surface area (TPSA) is 145 Å². The zero-order valence-electron chi connectivity index (χ0n) is 15.2. The summed E-state index contributed by atoms with van der Waals surface area (Å²) in [6.45, 7) is -0.540. The molecule has 0 bridgehead atoms. The number of aliphatic hydroxyl groups is 4. The standard InChI is InChI=1S/C20H20N2O7/c23-9-15-17(24)18(25)16(20(27)29-15)22-11-5-4-10-7-12(13-3-1-2-6-21-13)19(26)28-14(10)8-11/h1-8,15-18,20,22-25,27H,9H2/t15?,16?,17-,18-,20?/m0/s1. The van der Waals surface area contributed by atoms with Gasteiger partial charge >= 0.3 is 5.63 Å². The van der Waals surface area contributed by atoms with Gasteiger partial charge in [0.15, 0.2) is 6.29 Å². The second kappa shape index (κ2) is 7.90. The summed E-state index contributed by atoms with van der Waals surface area (Å²) >= 11 is 0. The summed E-state index contributed by atoms with van der Waals surface area (Å²) in [5.41, 5.74) is 1.03. The number of fused-ring (bicyclic) bond motifs is 1. The van der Waals surface area contributed by atoms with Crippen LogP contribution in [0.1, 0.15) is 0 Å². The van der Waals surface area contributed by atoms with E-state index in [4.69, 9.17) is 14.3 Å². The van der Waals surface area contributed by atoms with Crippen LogP contribution in [0.3, 0.4) is 0 Å². The van der Waals surface area contributed by atoms with Gasteiger partial charge in [0.05, 0.1) is 17.9 Å². The van der Waals surface area contributed by atoms with Crippen LogP contribution in [0.4, 0.5) is 5.69 Å². The van der Waals surface area contributed by atoms with E-state index in [1.54, 1.807) is 48.7 Å². The molecule has 9 heteroatoms. The predicted molar refractivity (Wildman–Crippen MR) is 103 cm³/mol. The molecule has 9 nitrogen and oxygen atoms in total. The maximum absolute atomic E-state index is 12.4. The van der Waals surface area contributed by atoms with Crippen LogP contribution in [0.5, 0.6) is 0 Å². The molecule has 5 atom stereocenters. The van der Waals surface area contributed by atoms with Crippen molar-refractivity contribution in [2.45, 2.75) is 30.6 Å². The minimum atomic E-state index is -1.46. The molecule has 5 N–H and O–H groups in total. The third kappa shape index (κ3) is 3.74. The summed E-state index contributed by atoms with van der Waals surface area (Å²) in [5, 5.41) is 43.0. The Balaban J connectivity index is 1.62. The average Bonchev–Trinajstić information content (AvgIpc) is 2.73. The number of rotatable bonds is 4. The Labute approximate surface area is 164 Å². The van der Waals surface area contributed by atoms with Crippen molar-refractivity contribution in [1.82, 2.24) is 4.98 Å². The van der Waals surface area contributed by atoms with Gasteiger partial charge in [0, 0.05) is 23.3 Å². The predicted octanol–water partition coefficient (Wildman–Crippen LogP) is 0.0668. The molecule has 152 valence electrons. The normalized spacial score (nSPS) is 27.1. The van der Waals surface area contributed by atoms with Crippen molar-refractivity contribution in [1.29, 1.82) is 0 Å². The highest BCUT2D eigenvalue weighted by molar-refractivity contribution is 5.83. The molecule has 1 aliphatic heterocycles. The first kappa shape index (κ1) is 19.5. The number of aromatic nitrogens is 1. The third-order valence-corrected chi connectivity index (χ3v) is 4.91. The summed E-state index contributed by atoms with van der Waals surface area (Å²) in [5.74, 6) is 0. The van der Waals surface area contributed by atoms with Crippen LogP contribution >= 0.6 is 0 Å². The second-order valence-corrected chi connectivity index (χ2v) is 6.81. The van der Waals surface area contributed by atoms with Crippen molar-refractivity contribution in [3.05, 3.63) is 59.1 Å².